The molecule has 96 valence electrons. The summed E-state index contributed by atoms with van der Waals surface area (Å²) in [6.07, 6.45) is 0. The van der Waals surface area contributed by atoms with E-state index >= 15 is 0 Å². The maximum atomic E-state index is 12.0. The van der Waals surface area contributed by atoms with Gasteiger partial charge in [-0.3, -0.25) is 4.79 Å². The molecule has 0 aliphatic heterocycles. The van der Waals surface area contributed by atoms with E-state index in [1.54, 1.807) is 6.07 Å². The second-order valence-electron chi connectivity index (χ2n) is 5.25. The first-order valence-corrected chi connectivity index (χ1v) is 5.86. The summed E-state index contributed by atoms with van der Waals surface area (Å²) >= 11 is 0. The number of rotatable bonds is 1. The van der Waals surface area contributed by atoms with Crippen molar-refractivity contribution in [1.82, 2.24) is 5.32 Å². The molecule has 1 aromatic carbocycles. The van der Waals surface area contributed by atoms with Gasteiger partial charge in [0, 0.05) is 16.7 Å². The number of aliphatic hydroxyl groups excluding tert-OH is 1. The number of carbonyl (C=O) groups is 1. The molecule has 0 aromatic heterocycles. The van der Waals surface area contributed by atoms with Crippen molar-refractivity contribution in [3.8, 4) is 11.8 Å². The number of hydrogen-bond donors (Lipinski definition) is 2. The van der Waals surface area contributed by atoms with Crippen LogP contribution >= 0.6 is 0 Å². The summed E-state index contributed by atoms with van der Waals surface area (Å²) in [6, 6.07) is 5.44. The molecule has 0 bridgehead atoms. The standard InChI is InChI=1S/C15H19NO2/c1-11-8-12(6-5-7-17)10-13(9-11)14(18)16-15(2,3)4/h8-10,17H,7H2,1-4H3,(H,16,18). The van der Waals surface area contributed by atoms with E-state index in [2.05, 4.69) is 17.2 Å². The van der Waals surface area contributed by atoms with Gasteiger partial charge < -0.3 is 10.4 Å². The Kier molecular flexibility index (Phi) is 4.52. The van der Waals surface area contributed by atoms with Crippen LogP contribution in [0, 0.1) is 18.8 Å². The highest BCUT2D eigenvalue weighted by Gasteiger charge is 2.15. The molecule has 0 spiro atoms. The summed E-state index contributed by atoms with van der Waals surface area (Å²) in [5.41, 5.74) is 2.03. The predicted molar refractivity (Wildman–Crippen MR) is 72.4 cm³/mol. The van der Waals surface area contributed by atoms with Gasteiger partial charge in [-0.05, 0) is 51.5 Å². The third-order valence-electron chi connectivity index (χ3n) is 2.14. The van der Waals surface area contributed by atoms with Gasteiger partial charge in [0.2, 0.25) is 0 Å². The van der Waals surface area contributed by atoms with Crippen LogP contribution in [0.3, 0.4) is 0 Å². The van der Waals surface area contributed by atoms with Crippen molar-refractivity contribution in [3.63, 3.8) is 0 Å². The van der Waals surface area contributed by atoms with E-state index in [9.17, 15) is 4.79 Å². The number of nitrogens with one attached hydrogen (secondary N) is 1. The SMILES string of the molecule is Cc1cc(C#CCO)cc(C(=O)NC(C)(C)C)c1. The van der Waals surface area contributed by atoms with Crippen LogP contribution in [0.2, 0.25) is 0 Å². The van der Waals surface area contributed by atoms with Crippen LogP contribution in [-0.2, 0) is 0 Å². The number of aliphatic hydroxyl groups is 1. The highest BCUT2D eigenvalue weighted by molar-refractivity contribution is 5.95. The van der Waals surface area contributed by atoms with Crippen molar-refractivity contribution in [2.24, 2.45) is 0 Å². The van der Waals surface area contributed by atoms with Crippen LogP contribution in [0.1, 0.15) is 42.3 Å². The topological polar surface area (TPSA) is 49.3 Å². The summed E-state index contributed by atoms with van der Waals surface area (Å²) in [6.45, 7) is 7.54. The number of carbonyl (C=O) groups excluding carboxylic acids is 1. The molecule has 0 radical (unpaired) electrons. The van der Waals surface area contributed by atoms with E-state index < -0.39 is 0 Å². The van der Waals surface area contributed by atoms with Gasteiger partial charge in [0.15, 0.2) is 0 Å². The Balaban J connectivity index is 3.03. The van der Waals surface area contributed by atoms with E-state index in [1.165, 1.54) is 0 Å². The molecule has 0 saturated heterocycles. The van der Waals surface area contributed by atoms with Crippen LogP contribution in [-0.4, -0.2) is 23.2 Å². The lowest BCUT2D eigenvalue weighted by molar-refractivity contribution is 0.0919. The number of hydrogen-bond acceptors (Lipinski definition) is 2. The van der Waals surface area contributed by atoms with Gasteiger partial charge in [0.1, 0.15) is 6.61 Å². The second kappa shape index (κ2) is 5.70. The average molecular weight is 245 g/mol. The highest BCUT2D eigenvalue weighted by Crippen LogP contribution is 2.10. The van der Waals surface area contributed by atoms with Gasteiger partial charge in [-0.1, -0.05) is 11.8 Å². The molecule has 0 unspecified atom stereocenters. The third kappa shape index (κ3) is 4.60. The fourth-order valence-electron chi connectivity index (χ4n) is 1.54. The van der Waals surface area contributed by atoms with E-state index in [1.807, 2.05) is 39.8 Å². The van der Waals surface area contributed by atoms with E-state index in [4.69, 9.17) is 5.11 Å². The Morgan fingerprint density at radius 1 is 1.33 bits per heavy atom. The molecular weight excluding hydrogens is 226 g/mol. The minimum absolute atomic E-state index is 0.113. The Morgan fingerprint density at radius 3 is 2.56 bits per heavy atom. The Labute approximate surface area is 108 Å². The highest BCUT2D eigenvalue weighted by atomic mass is 16.2. The van der Waals surface area contributed by atoms with E-state index in [-0.39, 0.29) is 18.1 Å². The minimum Gasteiger partial charge on any atom is -0.384 e. The lowest BCUT2D eigenvalue weighted by atomic mass is 10.0. The van der Waals surface area contributed by atoms with Gasteiger partial charge in [-0.15, -0.1) is 0 Å². The summed E-state index contributed by atoms with van der Waals surface area (Å²) in [4.78, 5) is 12.0. The number of amides is 1. The summed E-state index contributed by atoms with van der Waals surface area (Å²) in [7, 11) is 0. The first kappa shape index (κ1) is 14.3. The summed E-state index contributed by atoms with van der Waals surface area (Å²) in [5.74, 6) is 5.28. The summed E-state index contributed by atoms with van der Waals surface area (Å²) in [5, 5.41) is 11.6. The first-order chi connectivity index (χ1) is 8.31. The van der Waals surface area contributed by atoms with Crippen molar-refractivity contribution in [2.75, 3.05) is 6.61 Å². The maximum Gasteiger partial charge on any atom is 0.251 e. The molecule has 3 heteroatoms. The van der Waals surface area contributed by atoms with Gasteiger partial charge in [0.25, 0.3) is 5.91 Å². The Bertz CT molecular complexity index is 501. The normalized spacial score (nSPS) is 10.5. The fraction of sp³-hybridized carbons (Fsp3) is 0.400. The quantitative estimate of drug-likeness (QED) is 0.742. The molecule has 0 saturated carbocycles. The third-order valence-corrected chi connectivity index (χ3v) is 2.14. The zero-order valence-electron chi connectivity index (χ0n) is 11.3. The molecule has 1 aromatic rings. The molecule has 0 aliphatic rings. The van der Waals surface area contributed by atoms with Crippen LogP contribution in [0.15, 0.2) is 18.2 Å². The summed E-state index contributed by atoms with van der Waals surface area (Å²) < 4.78 is 0. The van der Waals surface area contributed by atoms with E-state index in [0.29, 0.717) is 5.56 Å². The largest absolute Gasteiger partial charge is 0.384 e. The number of aryl methyl sites for hydroxylation is 1. The Hall–Kier alpha value is -1.79. The molecular formula is C15H19NO2. The molecule has 0 aliphatic carbocycles. The average Bonchev–Trinajstić information content (AvgIpc) is 2.23. The van der Waals surface area contributed by atoms with Gasteiger partial charge >= 0.3 is 0 Å². The van der Waals surface area contributed by atoms with Crippen molar-refractivity contribution in [1.29, 1.82) is 0 Å². The monoisotopic (exact) mass is 245 g/mol. The molecule has 0 fully saturated rings. The van der Waals surface area contributed by atoms with Crippen LogP contribution in [0.4, 0.5) is 0 Å². The number of benzene rings is 1. The van der Waals surface area contributed by atoms with Gasteiger partial charge in [-0.25, -0.2) is 0 Å². The predicted octanol–water partition coefficient (Wildman–Crippen LogP) is 1.87. The van der Waals surface area contributed by atoms with Crippen LogP contribution in [0.25, 0.3) is 0 Å². The fourth-order valence-corrected chi connectivity index (χ4v) is 1.54. The molecule has 1 rings (SSSR count). The van der Waals surface area contributed by atoms with Crippen LogP contribution in [0.5, 0.6) is 0 Å². The second-order valence-corrected chi connectivity index (χ2v) is 5.25. The maximum absolute atomic E-state index is 12.0. The van der Waals surface area contributed by atoms with Crippen LogP contribution < -0.4 is 5.32 Å². The van der Waals surface area contributed by atoms with Crippen molar-refractivity contribution < 1.29 is 9.90 Å². The minimum atomic E-state index is -0.266. The lowest BCUT2D eigenvalue weighted by Crippen LogP contribution is -2.40. The molecule has 1 amide bonds. The molecule has 0 atom stereocenters. The first-order valence-electron chi connectivity index (χ1n) is 5.86. The molecule has 0 heterocycles. The van der Waals surface area contributed by atoms with E-state index in [0.717, 1.165) is 11.1 Å². The van der Waals surface area contributed by atoms with Gasteiger partial charge in [0.05, 0.1) is 0 Å². The molecule has 2 N–H and O–H groups in total. The van der Waals surface area contributed by atoms with Crippen molar-refractivity contribution in [3.05, 3.63) is 34.9 Å². The zero-order chi connectivity index (χ0) is 13.8. The molecule has 18 heavy (non-hydrogen) atoms. The van der Waals surface area contributed by atoms with Crippen molar-refractivity contribution >= 4 is 5.91 Å². The Morgan fingerprint density at radius 2 is 2.00 bits per heavy atom. The van der Waals surface area contributed by atoms with Crippen molar-refractivity contribution in [2.45, 2.75) is 33.2 Å². The smallest absolute Gasteiger partial charge is 0.251 e. The van der Waals surface area contributed by atoms with Gasteiger partial charge in [-0.2, -0.15) is 0 Å². The zero-order valence-corrected chi connectivity index (χ0v) is 11.3. The lowest BCUT2D eigenvalue weighted by Gasteiger charge is -2.20. The molecule has 3 nitrogen and oxygen atoms in total.